The molecule has 1 aliphatic rings. The SMILES string of the molecule is CC1(C(=Nc2ccccc2)NN)CCCCC1. The maximum atomic E-state index is 5.66. The van der Waals surface area contributed by atoms with Gasteiger partial charge in [-0.3, -0.25) is 0 Å². The Morgan fingerprint density at radius 2 is 1.82 bits per heavy atom. The number of benzene rings is 1. The van der Waals surface area contributed by atoms with Gasteiger partial charge in [0, 0.05) is 5.41 Å². The number of hydrogen-bond donors (Lipinski definition) is 2. The van der Waals surface area contributed by atoms with E-state index in [1.54, 1.807) is 0 Å². The second kappa shape index (κ2) is 5.32. The summed E-state index contributed by atoms with van der Waals surface area (Å²) in [7, 11) is 0. The summed E-state index contributed by atoms with van der Waals surface area (Å²) >= 11 is 0. The number of amidine groups is 1. The third kappa shape index (κ3) is 2.86. The van der Waals surface area contributed by atoms with Crippen molar-refractivity contribution in [2.45, 2.75) is 39.0 Å². The van der Waals surface area contributed by atoms with Gasteiger partial charge in [0.2, 0.25) is 0 Å². The highest BCUT2D eigenvalue weighted by Crippen LogP contribution is 2.37. The Balaban J connectivity index is 2.23. The molecule has 1 aromatic carbocycles. The van der Waals surface area contributed by atoms with Gasteiger partial charge >= 0.3 is 0 Å². The molecule has 0 spiro atoms. The summed E-state index contributed by atoms with van der Waals surface area (Å²) in [5.41, 5.74) is 3.89. The Hall–Kier alpha value is -1.35. The number of rotatable bonds is 2. The van der Waals surface area contributed by atoms with E-state index in [1.807, 2.05) is 30.3 Å². The Kier molecular flexibility index (Phi) is 3.79. The summed E-state index contributed by atoms with van der Waals surface area (Å²) < 4.78 is 0. The lowest BCUT2D eigenvalue weighted by molar-refractivity contribution is 0.305. The van der Waals surface area contributed by atoms with Gasteiger partial charge < -0.3 is 5.43 Å². The average molecular weight is 231 g/mol. The van der Waals surface area contributed by atoms with Crippen molar-refractivity contribution in [3.05, 3.63) is 30.3 Å². The van der Waals surface area contributed by atoms with E-state index in [9.17, 15) is 0 Å². The fourth-order valence-corrected chi connectivity index (χ4v) is 2.54. The molecule has 17 heavy (non-hydrogen) atoms. The molecule has 0 unspecified atom stereocenters. The average Bonchev–Trinajstić information content (AvgIpc) is 2.38. The number of nitrogens with two attached hydrogens (primary N) is 1. The van der Waals surface area contributed by atoms with Crippen LogP contribution in [0.1, 0.15) is 39.0 Å². The second-order valence-corrected chi connectivity index (χ2v) is 5.06. The minimum atomic E-state index is 0.114. The predicted octanol–water partition coefficient (Wildman–Crippen LogP) is 3.15. The molecule has 0 bridgehead atoms. The predicted molar refractivity (Wildman–Crippen MR) is 72.1 cm³/mol. The van der Waals surface area contributed by atoms with E-state index >= 15 is 0 Å². The maximum absolute atomic E-state index is 5.66. The molecule has 1 aliphatic carbocycles. The van der Waals surface area contributed by atoms with Crippen molar-refractivity contribution >= 4 is 11.5 Å². The molecular formula is C14H21N3. The Morgan fingerprint density at radius 3 is 2.41 bits per heavy atom. The van der Waals surface area contributed by atoms with Crippen molar-refractivity contribution in [3.63, 3.8) is 0 Å². The van der Waals surface area contributed by atoms with Crippen molar-refractivity contribution in [3.8, 4) is 0 Å². The fraction of sp³-hybridized carbons (Fsp3) is 0.500. The summed E-state index contributed by atoms with van der Waals surface area (Å²) in [5.74, 6) is 6.58. The van der Waals surface area contributed by atoms with E-state index < -0.39 is 0 Å². The summed E-state index contributed by atoms with van der Waals surface area (Å²) in [6, 6.07) is 10.00. The maximum Gasteiger partial charge on any atom is 0.122 e. The lowest BCUT2D eigenvalue weighted by Crippen LogP contribution is -2.43. The molecule has 1 saturated carbocycles. The van der Waals surface area contributed by atoms with Crippen LogP contribution in [0.4, 0.5) is 5.69 Å². The van der Waals surface area contributed by atoms with E-state index in [0.29, 0.717) is 0 Å². The first kappa shape index (κ1) is 12.1. The zero-order chi connectivity index (χ0) is 12.1. The van der Waals surface area contributed by atoms with Crippen LogP contribution in [0.2, 0.25) is 0 Å². The minimum absolute atomic E-state index is 0.114. The van der Waals surface area contributed by atoms with Crippen molar-refractivity contribution in [2.24, 2.45) is 16.3 Å². The molecule has 0 aliphatic heterocycles. The van der Waals surface area contributed by atoms with Crippen LogP contribution in [0.25, 0.3) is 0 Å². The first-order chi connectivity index (χ1) is 8.24. The third-order valence-corrected chi connectivity index (χ3v) is 3.66. The molecule has 0 saturated heterocycles. The first-order valence-corrected chi connectivity index (χ1v) is 6.35. The highest BCUT2D eigenvalue weighted by atomic mass is 15.3. The molecule has 0 aromatic heterocycles. The van der Waals surface area contributed by atoms with E-state index in [1.165, 1.54) is 32.1 Å². The molecular weight excluding hydrogens is 210 g/mol. The number of hydrogen-bond acceptors (Lipinski definition) is 2. The second-order valence-electron chi connectivity index (χ2n) is 5.06. The van der Waals surface area contributed by atoms with Crippen molar-refractivity contribution < 1.29 is 0 Å². The zero-order valence-corrected chi connectivity index (χ0v) is 10.4. The van der Waals surface area contributed by atoms with E-state index in [-0.39, 0.29) is 5.41 Å². The summed E-state index contributed by atoms with van der Waals surface area (Å²) in [6.07, 6.45) is 6.21. The quantitative estimate of drug-likeness (QED) is 0.355. The molecule has 92 valence electrons. The van der Waals surface area contributed by atoms with Gasteiger partial charge in [0.15, 0.2) is 0 Å². The molecule has 0 radical (unpaired) electrons. The molecule has 3 heteroatoms. The lowest BCUT2D eigenvalue weighted by atomic mass is 9.75. The smallest absolute Gasteiger partial charge is 0.122 e. The van der Waals surface area contributed by atoms with Crippen LogP contribution in [-0.4, -0.2) is 5.84 Å². The molecule has 3 nitrogen and oxygen atoms in total. The molecule has 0 heterocycles. The standard InChI is InChI=1S/C14H21N3/c1-14(10-6-3-7-11-14)13(17-15)16-12-8-4-2-5-9-12/h2,4-5,8-9H,3,6-7,10-11,15H2,1H3,(H,16,17). The van der Waals surface area contributed by atoms with Crippen LogP contribution >= 0.6 is 0 Å². The molecule has 0 atom stereocenters. The number of hydrazine groups is 1. The Labute approximate surface area is 103 Å². The van der Waals surface area contributed by atoms with Gasteiger partial charge in [0.05, 0.1) is 5.69 Å². The van der Waals surface area contributed by atoms with E-state index in [2.05, 4.69) is 17.3 Å². The van der Waals surface area contributed by atoms with Gasteiger partial charge in [-0.2, -0.15) is 0 Å². The van der Waals surface area contributed by atoms with Crippen molar-refractivity contribution in [1.82, 2.24) is 5.43 Å². The van der Waals surface area contributed by atoms with E-state index in [4.69, 9.17) is 5.84 Å². The minimum Gasteiger partial charge on any atom is -0.312 e. The van der Waals surface area contributed by atoms with Gasteiger partial charge in [-0.15, -0.1) is 0 Å². The normalized spacial score (nSPS) is 20.0. The van der Waals surface area contributed by atoms with Crippen LogP contribution in [-0.2, 0) is 0 Å². The highest BCUT2D eigenvalue weighted by Gasteiger charge is 2.32. The zero-order valence-electron chi connectivity index (χ0n) is 10.4. The lowest BCUT2D eigenvalue weighted by Gasteiger charge is -2.34. The number of nitrogens with one attached hydrogen (secondary N) is 1. The van der Waals surface area contributed by atoms with Gasteiger partial charge in [0.25, 0.3) is 0 Å². The number of aliphatic imine (C=N–C) groups is 1. The van der Waals surface area contributed by atoms with Crippen LogP contribution < -0.4 is 11.3 Å². The molecule has 1 fully saturated rings. The van der Waals surface area contributed by atoms with Crippen LogP contribution in [0.3, 0.4) is 0 Å². The van der Waals surface area contributed by atoms with Crippen LogP contribution in [0.15, 0.2) is 35.3 Å². The topological polar surface area (TPSA) is 50.4 Å². The summed E-state index contributed by atoms with van der Waals surface area (Å²) in [4.78, 5) is 4.65. The van der Waals surface area contributed by atoms with E-state index in [0.717, 1.165) is 11.5 Å². The summed E-state index contributed by atoms with van der Waals surface area (Å²) in [6.45, 7) is 2.26. The molecule has 2 rings (SSSR count). The largest absolute Gasteiger partial charge is 0.312 e. The van der Waals surface area contributed by atoms with Gasteiger partial charge in [-0.25, -0.2) is 10.8 Å². The van der Waals surface area contributed by atoms with Gasteiger partial charge in [-0.05, 0) is 25.0 Å². The van der Waals surface area contributed by atoms with Crippen molar-refractivity contribution in [2.75, 3.05) is 0 Å². The third-order valence-electron chi connectivity index (χ3n) is 3.66. The summed E-state index contributed by atoms with van der Waals surface area (Å²) in [5, 5.41) is 0. The van der Waals surface area contributed by atoms with Crippen LogP contribution in [0.5, 0.6) is 0 Å². The number of nitrogens with zero attached hydrogens (tertiary/aromatic N) is 1. The van der Waals surface area contributed by atoms with Gasteiger partial charge in [-0.1, -0.05) is 44.4 Å². The number of para-hydroxylation sites is 1. The molecule has 0 amide bonds. The molecule has 3 N–H and O–H groups in total. The highest BCUT2D eigenvalue weighted by molar-refractivity contribution is 5.89. The Bertz CT molecular complexity index is 378. The first-order valence-electron chi connectivity index (χ1n) is 6.35. The fourth-order valence-electron chi connectivity index (χ4n) is 2.54. The van der Waals surface area contributed by atoms with Gasteiger partial charge in [0.1, 0.15) is 5.84 Å². The Morgan fingerprint density at radius 1 is 1.18 bits per heavy atom. The molecule has 1 aromatic rings. The van der Waals surface area contributed by atoms with Crippen molar-refractivity contribution in [1.29, 1.82) is 0 Å². The monoisotopic (exact) mass is 231 g/mol. The van der Waals surface area contributed by atoms with Crippen LogP contribution in [0, 0.1) is 5.41 Å².